The molecule has 0 aromatic carbocycles. The van der Waals surface area contributed by atoms with Crippen LogP contribution in [0.3, 0.4) is 0 Å². The first kappa shape index (κ1) is 5.88. The molecule has 0 aliphatic carbocycles. The molecule has 38 valence electrons. The van der Waals surface area contributed by atoms with E-state index < -0.39 is 0 Å². The van der Waals surface area contributed by atoms with Gasteiger partial charge in [0.05, 0.1) is 7.11 Å². The molecule has 0 N–H and O–H groups in total. The summed E-state index contributed by atoms with van der Waals surface area (Å²) in [5, 5.41) is 0. The Morgan fingerprint density at radius 3 is 2.17 bits per heavy atom. The van der Waals surface area contributed by atoms with E-state index in [0.717, 1.165) is 0 Å². The van der Waals surface area contributed by atoms with Crippen LogP contribution in [0, 0.1) is 0 Å². The van der Waals surface area contributed by atoms with Crippen LogP contribution in [0.5, 0.6) is 0 Å². The average molecular weight is 92.1 g/mol. The summed E-state index contributed by atoms with van der Waals surface area (Å²) in [7, 11) is 2.96. The zero-order valence-electron chi connectivity index (χ0n) is 3.93. The van der Waals surface area contributed by atoms with Crippen molar-refractivity contribution in [2.75, 3.05) is 21.0 Å². The van der Waals surface area contributed by atoms with E-state index in [2.05, 4.69) is 14.5 Å². The Morgan fingerprint density at radius 1 is 1.33 bits per heavy atom. The zero-order chi connectivity index (χ0) is 4.83. The fourth-order valence-corrected chi connectivity index (χ4v) is 0.0962. The Hall–Kier alpha value is -0.120. The van der Waals surface area contributed by atoms with Gasteiger partial charge in [0.15, 0.2) is 6.79 Å². The second kappa shape index (κ2) is 4.88. The Morgan fingerprint density at radius 2 is 2.00 bits per heavy atom. The van der Waals surface area contributed by atoms with Crippen LogP contribution in [0.4, 0.5) is 0 Å². The van der Waals surface area contributed by atoms with Crippen molar-refractivity contribution in [3.63, 3.8) is 0 Å². The fourth-order valence-electron chi connectivity index (χ4n) is 0.0962. The van der Waals surface area contributed by atoms with Gasteiger partial charge in [-0.25, -0.2) is 9.78 Å². The van der Waals surface area contributed by atoms with Crippen molar-refractivity contribution in [3.8, 4) is 0 Å². The van der Waals surface area contributed by atoms with Gasteiger partial charge in [-0.3, -0.25) is 0 Å². The molecule has 3 heteroatoms. The van der Waals surface area contributed by atoms with Crippen molar-refractivity contribution >= 4 is 0 Å². The van der Waals surface area contributed by atoms with Crippen molar-refractivity contribution in [2.24, 2.45) is 0 Å². The van der Waals surface area contributed by atoms with Gasteiger partial charge < -0.3 is 4.74 Å². The summed E-state index contributed by atoms with van der Waals surface area (Å²) in [6.45, 7) is 0.191. The van der Waals surface area contributed by atoms with Crippen molar-refractivity contribution in [1.29, 1.82) is 0 Å². The largest absolute Gasteiger partial charge is 0.355 e. The van der Waals surface area contributed by atoms with E-state index >= 15 is 0 Å². The third-order valence-corrected chi connectivity index (χ3v) is 0.284. The molecule has 0 spiro atoms. The van der Waals surface area contributed by atoms with Crippen molar-refractivity contribution in [1.82, 2.24) is 0 Å². The van der Waals surface area contributed by atoms with Crippen molar-refractivity contribution in [2.45, 2.75) is 0 Å². The number of hydrogen-bond donors (Lipinski definition) is 0. The molecule has 0 heterocycles. The van der Waals surface area contributed by atoms with Crippen molar-refractivity contribution in [3.05, 3.63) is 0 Å². The molecule has 0 rings (SSSR count). The minimum Gasteiger partial charge on any atom is -0.355 e. The fraction of sp³-hybridized carbons (Fsp3) is 1.00. The first-order valence-corrected chi connectivity index (χ1v) is 1.56. The van der Waals surface area contributed by atoms with Crippen LogP contribution in [-0.2, 0) is 14.5 Å². The van der Waals surface area contributed by atoms with Crippen LogP contribution in [0.25, 0.3) is 0 Å². The van der Waals surface area contributed by atoms with Gasteiger partial charge in [-0.05, 0) is 0 Å². The highest BCUT2D eigenvalue weighted by Gasteiger charge is 1.71. The maximum Gasteiger partial charge on any atom is 0.180 e. The van der Waals surface area contributed by atoms with E-state index in [4.69, 9.17) is 0 Å². The molecule has 0 unspecified atom stereocenters. The topological polar surface area (TPSA) is 27.7 Å². The van der Waals surface area contributed by atoms with Crippen LogP contribution in [0.1, 0.15) is 0 Å². The Labute approximate surface area is 36.7 Å². The normalized spacial score (nSPS) is 9.00. The molecular formula is C3H8O3. The van der Waals surface area contributed by atoms with E-state index in [1.165, 1.54) is 14.2 Å². The summed E-state index contributed by atoms with van der Waals surface area (Å²) in [5.41, 5.74) is 0. The van der Waals surface area contributed by atoms with Crippen LogP contribution < -0.4 is 0 Å². The average Bonchev–Trinajstić information content (AvgIpc) is 1.61. The van der Waals surface area contributed by atoms with Crippen LogP contribution >= 0.6 is 0 Å². The molecule has 0 radical (unpaired) electrons. The highest BCUT2D eigenvalue weighted by molar-refractivity contribution is 3.80. The molecule has 0 saturated carbocycles. The van der Waals surface area contributed by atoms with Crippen LogP contribution in [-0.4, -0.2) is 21.0 Å². The summed E-state index contributed by atoms with van der Waals surface area (Å²) < 4.78 is 4.44. The van der Waals surface area contributed by atoms with Gasteiger partial charge in [0, 0.05) is 7.11 Å². The highest BCUT2D eigenvalue weighted by Crippen LogP contribution is 1.69. The maximum absolute atomic E-state index is 4.44. The lowest BCUT2D eigenvalue weighted by molar-refractivity contribution is -0.314. The SMILES string of the molecule is COCOOC. The van der Waals surface area contributed by atoms with Gasteiger partial charge in [0.1, 0.15) is 0 Å². The quantitative estimate of drug-likeness (QED) is 0.215. The Balaban J connectivity index is 2.34. The van der Waals surface area contributed by atoms with Crippen LogP contribution in [0.2, 0.25) is 0 Å². The van der Waals surface area contributed by atoms with Gasteiger partial charge in [-0.1, -0.05) is 0 Å². The first-order valence-electron chi connectivity index (χ1n) is 1.56. The van der Waals surface area contributed by atoms with Gasteiger partial charge in [-0.15, -0.1) is 0 Å². The molecule has 0 aliphatic rings. The van der Waals surface area contributed by atoms with Crippen LogP contribution in [0.15, 0.2) is 0 Å². The molecule has 0 bridgehead atoms. The third kappa shape index (κ3) is 3.88. The Bertz CT molecular complexity index is 18.0. The lowest BCUT2D eigenvalue weighted by Crippen LogP contribution is -1.92. The summed E-state index contributed by atoms with van der Waals surface area (Å²) in [6.07, 6.45) is 0. The Kier molecular flexibility index (Phi) is 4.78. The zero-order valence-corrected chi connectivity index (χ0v) is 3.93. The van der Waals surface area contributed by atoms with Gasteiger partial charge in [0.2, 0.25) is 0 Å². The number of rotatable bonds is 3. The van der Waals surface area contributed by atoms with E-state index in [1.54, 1.807) is 0 Å². The molecule has 0 saturated heterocycles. The summed E-state index contributed by atoms with van der Waals surface area (Å²) in [4.78, 5) is 8.42. The molecule has 3 nitrogen and oxygen atoms in total. The number of hydrogen-bond acceptors (Lipinski definition) is 3. The van der Waals surface area contributed by atoms with E-state index in [0.29, 0.717) is 0 Å². The molecule has 0 aromatic rings. The number of methoxy groups -OCH3 is 1. The summed E-state index contributed by atoms with van der Waals surface area (Å²) >= 11 is 0. The second-order valence-corrected chi connectivity index (χ2v) is 0.691. The lowest BCUT2D eigenvalue weighted by Gasteiger charge is -1.92. The summed E-state index contributed by atoms with van der Waals surface area (Å²) in [5.74, 6) is 0. The monoisotopic (exact) mass is 92.0 g/mol. The predicted molar refractivity (Wildman–Crippen MR) is 20.0 cm³/mol. The molecule has 0 aromatic heterocycles. The standard InChI is InChI=1S/C3H8O3/c1-4-3-6-5-2/h3H2,1-2H3. The maximum atomic E-state index is 4.44. The van der Waals surface area contributed by atoms with E-state index in [-0.39, 0.29) is 6.79 Å². The third-order valence-electron chi connectivity index (χ3n) is 0.284. The molecule has 0 amide bonds. The first-order chi connectivity index (χ1) is 2.91. The van der Waals surface area contributed by atoms with E-state index in [1.807, 2.05) is 0 Å². The summed E-state index contributed by atoms with van der Waals surface area (Å²) in [6, 6.07) is 0. The second-order valence-electron chi connectivity index (χ2n) is 0.691. The van der Waals surface area contributed by atoms with Crippen molar-refractivity contribution < 1.29 is 14.5 Å². The van der Waals surface area contributed by atoms with Gasteiger partial charge in [0.25, 0.3) is 0 Å². The molecule has 6 heavy (non-hydrogen) atoms. The van der Waals surface area contributed by atoms with Gasteiger partial charge in [-0.2, -0.15) is 0 Å². The van der Waals surface area contributed by atoms with Gasteiger partial charge >= 0.3 is 0 Å². The molecule has 0 fully saturated rings. The number of ether oxygens (including phenoxy) is 1. The molecule has 0 aliphatic heterocycles. The highest BCUT2D eigenvalue weighted by atomic mass is 17.2. The molecular weight excluding hydrogens is 84.0 g/mol. The predicted octanol–water partition coefficient (Wildman–Crippen LogP) is 0.168. The minimum atomic E-state index is 0.191. The smallest absolute Gasteiger partial charge is 0.180 e. The van der Waals surface area contributed by atoms with E-state index in [9.17, 15) is 0 Å². The molecule has 0 atom stereocenters. The minimum absolute atomic E-state index is 0.191. The lowest BCUT2D eigenvalue weighted by atomic mass is 11.4.